The lowest BCUT2D eigenvalue weighted by molar-refractivity contribution is 0.535. The summed E-state index contributed by atoms with van der Waals surface area (Å²) >= 11 is 7.28. The predicted octanol–water partition coefficient (Wildman–Crippen LogP) is 9.89. The van der Waals surface area contributed by atoms with Crippen LogP contribution in [0.15, 0.2) is 133 Å². The molecular weight excluding hydrogens is 507 g/mol. The summed E-state index contributed by atoms with van der Waals surface area (Å²) in [6.45, 7) is 0. The molecule has 5 aromatic rings. The Morgan fingerprint density at radius 3 is 1.80 bits per heavy atom. The number of hydrogen-bond acceptors (Lipinski definition) is 6. The van der Waals surface area contributed by atoms with Crippen LogP contribution in [0.5, 0.6) is 5.75 Å². The second-order valence-corrected chi connectivity index (χ2v) is 12.8. The van der Waals surface area contributed by atoms with Gasteiger partial charge in [-0.3, -0.25) is 0 Å². The molecule has 0 saturated carbocycles. The Balaban J connectivity index is 1.41. The van der Waals surface area contributed by atoms with Gasteiger partial charge < -0.3 is 4.74 Å². The molecule has 0 unspecified atom stereocenters. The standard InChI is InChI=1S/C29H23NOS4/c1-3-9-22(10-4-1)23-15-17-24(18-16-23)30-26(31-25-11-5-2-6-12-25)21-29(34-27-13-7-19-32-27)35-28-14-8-20-33-28/h1-20,29H,21H2. The topological polar surface area (TPSA) is 21.6 Å². The van der Waals surface area contributed by atoms with Gasteiger partial charge >= 0.3 is 0 Å². The molecule has 0 fully saturated rings. The predicted molar refractivity (Wildman–Crippen MR) is 155 cm³/mol. The molecule has 0 aliphatic heterocycles. The fraction of sp³-hybridized carbons (Fsp3) is 0.0690. The number of benzene rings is 3. The van der Waals surface area contributed by atoms with Crippen molar-refractivity contribution in [2.45, 2.75) is 19.4 Å². The van der Waals surface area contributed by atoms with E-state index in [1.165, 1.54) is 19.5 Å². The Labute approximate surface area is 222 Å². The minimum Gasteiger partial charge on any atom is -0.443 e. The fourth-order valence-corrected chi connectivity index (χ4v) is 8.24. The molecule has 0 aliphatic rings. The molecule has 5 rings (SSSR count). The number of nitrogens with zero attached hydrogens (tertiary/aromatic N) is 1. The largest absolute Gasteiger partial charge is 0.443 e. The molecule has 174 valence electrons. The zero-order valence-electron chi connectivity index (χ0n) is 18.8. The maximum absolute atomic E-state index is 6.33. The summed E-state index contributed by atoms with van der Waals surface area (Å²) < 4.78 is 9.16. The highest BCUT2D eigenvalue weighted by atomic mass is 32.2. The first-order valence-electron chi connectivity index (χ1n) is 11.2. The van der Waals surface area contributed by atoms with Crippen LogP contribution in [-0.4, -0.2) is 10.5 Å². The summed E-state index contributed by atoms with van der Waals surface area (Å²) in [4.78, 5) is 4.96. The lowest BCUT2D eigenvalue weighted by Gasteiger charge is -2.17. The molecule has 2 heterocycles. The number of rotatable bonds is 9. The molecule has 3 aromatic carbocycles. The molecule has 0 amide bonds. The third-order valence-electron chi connectivity index (χ3n) is 5.03. The number of aliphatic imine (C=N–C) groups is 1. The van der Waals surface area contributed by atoms with E-state index in [9.17, 15) is 0 Å². The van der Waals surface area contributed by atoms with Crippen molar-refractivity contribution in [3.8, 4) is 16.9 Å². The van der Waals surface area contributed by atoms with Crippen molar-refractivity contribution in [2.75, 3.05) is 0 Å². The normalized spacial score (nSPS) is 11.6. The van der Waals surface area contributed by atoms with Crippen LogP contribution in [0.4, 0.5) is 5.69 Å². The quantitative estimate of drug-likeness (QED) is 0.0820. The van der Waals surface area contributed by atoms with Crippen molar-refractivity contribution in [2.24, 2.45) is 4.99 Å². The lowest BCUT2D eigenvalue weighted by atomic mass is 10.1. The van der Waals surface area contributed by atoms with Gasteiger partial charge in [-0.05, 0) is 58.3 Å². The Morgan fingerprint density at radius 1 is 0.657 bits per heavy atom. The van der Waals surface area contributed by atoms with Crippen LogP contribution in [0, 0.1) is 0 Å². The van der Waals surface area contributed by atoms with Crippen LogP contribution in [0.25, 0.3) is 11.1 Å². The smallest absolute Gasteiger partial charge is 0.197 e. The van der Waals surface area contributed by atoms with Gasteiger partial charge in [-0.2, -0.15) is 0 Å². The number of ether oxygens (including phenoxy) is 1. The van der Waals surface area contributed by atoms with Gasteiger partial charge in [0.2, 0.25) is 0 Å². The van der Waals surface area contributed by atoms with Crippen molar-refractivity contribution >= 4 is 57.8 Å². The van der Waals surface area contributed by atoms with Crippen LogP contribution in [0.1, 0.15) is 6.42 Å². The van der Waals surface area contributed by atoms with Crippen molar-refractivity contribution in [1.29, 1.82) is 0 Å². The number of thioether (sulfide) groups is 2. The van der Waals surface area contributed by atoms with Gasteiger partial charge in [0.15, 0.2) is 5.90 Å². The molecule has 0 bridgehead atoms. The molecule has 0 N–H and O–H groups in total. The first-order valence-corrected chi connectivity index (χ1v) is 14.7. The SMILES string of the molecule is c1ccc(OC(CC(Sc2cccs2)Sc2cccs2)=Nc2ccc(-c3ccccc3)cc2)cc1. The van der Waals surface area contributed by atoms with Gasteiger partial charge in [-0.25, -0.2) is 4.99 Å². The zero-order valence-corrected chi connectivity index (χ0v) is 22.1. The van der Waals surface area contributed by atoms with E-state index in [0.717, 1.165) is 11.4 Å². The van der Waals surface area contributed by atoms with Crippen LogP contribution >= 0.6 is 46.2 Å². The summed E-state index contributed by atoms with van der Waals surface area (Å²) in [5.74, 6) is 1.51. The average molecular weight is 530 g/mol. The zero-order chi connectivity index (χ0) is 23.7. The van der Waals surface area contributed by atoms with Gasteiger partial charge in [0.25, 0.3) is 0 Å². The molecule has 0 spiro atoms. The molecule has 6 heteroatoms. The minimum atomic E-state index is 0.235. The molecule has 2 nitrogen and oxygen atoms in total. The Bertz CT molecular complexity index is 1280. The van der Waals surface area contributed by atoms with E-state index in [2.05, 4.69) is 83.6 Å². The second-order valence-electron chi connectivity index (χ2n) is 7.57. The minimum absolute atomic E-state index is 0.235. The average Bonchev–Trinajstić information content (AvgIpc) is 3.60. The Kier molecular flexibility index (Phi) is 8.39. The third-order valence-corrected chi connectivity index (χ3v) is 9.68. The molecule has 2 aromatic heterocycles. The van der Waals surface area contributed by atoms with Crippen molar-refractivity contribution < 1.29 is 4.74 Å². The lowest BCUT2D eigenvalue weighted by Crippen LogP contribution is -2.14. The highest BCUT2D eigenvalue weighted by Gasteiger charge is 2.19. The Morgan fingerprint density at radius 2 is 1.23 bits per heavy atom. The van der Waals surface area contributed by atoms with Crippen LogP contribution in [0.2, 0.25) is 0 Å². The van der Waals surface area contributed by atoms with Crippen molar-refractivity contribution in [3.05, 3.63) is 120 Å². The highest BCUT2D eigenvalue weighted by molar-refractivity contribution is 8.18. The van der Waals surface area contributed by atoms with Gasteiger partial charge in [0.1, 0.15) is 5.75 Å². The second kappa shape index (κ2) is 12.3. The molecule has 0 radical (unpaired) electrons. The first kappa shape index (κ1) is 23.9. The van der Waals surface area contributed by atoms with E-state index in [0.29, 0.717) is 12.3 Å². The molecule has 35 heavy (non-hydrogen) atoms. The molecule has 0 atom stereocenters. The van der Waals surface area contributed by atoms with Gasteiger partial charge in [0.05, 0.1) is 18.7 Å². The number of para-hydroxylation sites is 1. The van der Waals surface area contributed by atoms with Crippen LogP contribution in [0.3, 0.4) is 0 Å². The van der Waals surface area contributed by atoms with Crippen LogP contribution < -0.4 is 4.74 Å². The maximum atomic E-state index is 6.33. The molecule has 0 aliphatic carbocycles. The van der Waals surface area contributed by atoms with Gasteiger partial charge in [0, 0.05) is 6.42 Å². The van der Waals surface area contributed by atoms with E-state index < -0.39 is 0 Å². The van der Waals surface area contributed by atoms with Crippen LogP contribution in [-0.2, 0) is 0 Å². The van der Waals surface area contributed by atoms with Crippen molar-refractivity contribution in [3.63, 3.8) is 0 Å². The number of thiophene rings is 2. The third kappa shape index (κ3) is 7.12. The van der Waals surface area contributed by atoms with E-state index >= 15 is 0 Å². The maximum Gasteiger partial charge on any atom is 0.197 e. The molecular formula is C29H23NOS4. The molecule has 0 saturated heterocycles. The monoisotopic (exact) mass is 529 g/mol. The summed E-state index contributed by atoms with van der Waals surface area (Å²) in [6.07, 6.45) is 0.695. The summed E-state index contributed by atoms with van der Waals surface area (Å²) in [5.41, 5.74) is 3.26. The van der Waals surface area contributed by atoms with E-state index in [1.807, 2.05) is 59.9 Å². The summed E-state index contributed by atoms with van der Waals surface area (Å²) in [6, 6.07) is 37.2. The van der Waals surface area contributed by atoms with Gasteiger partial charge in [-0.1, -0.05) is 72.8 Å². The van der Waals surface area contributed by atoms with E-state index in [1.54, 1.807) is 22.7 Å². The van der Waals surface area contributed by atoms with Crippen molar-refractivity contribution in [1.82, 2.24) is 0 Å². The summed E-state index contributed by atoms with van der Waals surface area (Å²) in [7, 11) is 0. The Hall–Kier alpha value is -2.77. The first-order chi connectivity index (χ1) is 17.3. The van der Waals surface area contributed by atoms with Gasteiger partial charge in [-0.15, -0.1) is 46.2 Å². The fourth-order valence-electron chi connectivity index (χ4n) is 3.41. The van der Waals surface area contributed by atoms with E-state index in [-0.39, 0.29) is 4.58 Å². The summed E-state index contributed by atoms with van der Waals surface area (Å²) in [5, 5.41) is 4.25. The van der Waals surface area contributed by atoms with E-state index in [4.69, 9.17) is 9.73 Å². The highest BCUT2D eigenvalue weighted by Crippen LogP contribution is 2.41. The number of hydrogen-bond donors (Lipinski definition) is 0.